The molecular formula is C23H22N4O4. The molecule has 0 saturated heterocycles. The first-order chi connectivity index (χ1) is 14.8. The lowest BCUT2D eigenvalue weighted by Crippen LogP contribution is -2.32. The molecular weight excluding hydrogens is 396 g/mol. The highest BCUT2D eigenvalue weighted by atomic mass is 16.6. The standard InChI is InChI=1S/C23H22N4O4/c1-23(2,3)31-22(29)24-13-17-12-20(28)18-10-9-15(11-21(18)30-17)19-14-27(26-25-19)16-7-5-4-6-8-16/h4-12,14H,13H2,1-3H3,(H,24,29). The molecule has 0 aliphatic carbocycles. The van der Waals surface area contributed by atoms with Crippen LogP contribution in [0.1, 0.15) is 26.5 Å². The number of ether oxygens (including phenoxy) is 1. The van der Waals surface area contributed by atoms with Crippen LogP contribution in [-0.2, 0) is 11.3 Å². The molecule has 31 heavy (non-hydrogen) atoms. The number of para-hydroxylation sites is 1. The quantitative estimate of drug-likeness (QED) is 0.536. The van der Waals surface area contributed by atoms with Crippen LogP contribution in [0.2, 0.25) is 0 Å². The minimum Gasteiger partial charge on any atom is -0.459 e. The summed E-state index contributed by atoms with van der Waals surface area (Å²) in [5.41, 5.74) is 1.90. The highest BCUT2D eigenvalue weighted by Crippen LogP contribution is 2.23. The highest BCUT2D eigenvalue weighted by molar-refractivity contribution is 5.81. The van der Waals surface area contributed by atoms with Gasteiger partial charge in [0.1, 0.15) is 22.6 Å². The van der Waals surface area contributed by atoms with Crippen molar-refractivity contribution in [2.45, 2.75) is 32.9 Å². The van der Waals surface area contributed by atoms with Crippen LogP contribution >= 0.6 is 0 Å². The fourth-order valence-electron chi connectivity index (χ4n) is 3.03. The second-order valence-electron chi connectivity index (χ2n) is 8.03. The molecule has 0 aliphatic heterocycles. The lowest BCUT2D eigenvalue weighted by Gasteiger charge is -2.19. The van der Waals surface area contributed by atoms with E-state index in [-0.39, 0.29) is 12.0 Å². The zero-order valence-corrected chi connectivity index (χ0v) is 17.5. The Balaban J connectivity index is 1.59. The van der Waals surface area contributed by atoms with E-state index < -0.39 is 11.7 Å². The number of carbonyl (C=O) groups excluding carboxylic acids is 1. The van der Waals surface area contributed by atoms with Crippen molar-refractivity contribution < 1.29 is 13.9 Å². The van der Waals surface area contributed by atoms with Crippen LogP contribution in [0.25, 0.3) is 27.9 Å². The number of aromatic nitrogens is 3. The Hall–Kier alpha value is -3.94. The number of alkyl carbamates (subject to hydrolysis) is 1. The maximum Gasteiger partial charge on any atom is 0.408 e. The van der Waals surface area contributed by atoms with E-state index in [9.17, 15) is 9.59 Å². The van der Waals surface area contributed by atoms with Crippen LogP contribution in [0.4, 0.5) is 4.79 Å². The van der Waals surface area contributed by atoms with Gasteiger partial charge in [-0.2, -0.15) is 0 Å². The molecule has 0 bridgehead atoms. The third-order valence-corrected chi connectivity index (χ3v) is 4.40. The Morgan fingerprint density at radius 1 is 1.13 bits per heavy atom. The molecule has 0 unspecified atom stereocenters. The molecule has 2 aromatic heterocycles. The van der Waals surface area contributed by atoms with Gasteiger partial charge >= 0.3 is 6.09 Å². The van der Waals surface area contributed by atoms with E-state index in [4.69, 9.17) is 9.15 Å². The summed E-state index contributed by atoms with van der Waals surface area (Å²) < 4.78 is 12.7. The van der Waals surface area contributed by atoms with Crippen molar-refractivity contribution in [1.29, 1.82) is 0 Å². The van der Waals surface area contributed by atoms with Gasteiger partial charge in [-0.25, -0.2) is 9.48 Å². The molecule has 4 rings (SSSR count). The number of amides is 1. The number of benzene rings is 2. The number of carbonyl (C=O) groups is 1. The molecule has 8 nitrogen and oxygen atoms in total. The van der Waals surface area contributed by atoms with Crippen LogP contribution in [-0.4, -0.2) is 26.7 Å². The van der Waals surface area contributed by atoms with Crippen molar-refractivity contribution >= 4 is 17.1 Å². The first kappa shape index (κ1) is 20.3. The van der Waals surface area contributed by atoms with Crippen molar-refractivity contribution in [1.82, 2.24) is 20.3 Å². The fourth-order valence-corrected chi connectivity index (χ4v) is 3.03. The number of hydrogen-bond donors (Lipinski definition) is 1. The van der Waals surface area contributed by atoms with Crippen molar-refractivity contribution in [3.63, 3.8) is 0 Å². The Morgan fingerprint density at radius 3 is 2.65 bits per heavy atom. The molecule has 2 heterocycles. The minimum atomic E-state index is -0.611. The summed E-state index contributed by atoms with van der Waals surface area (Å²) in [6.45, 7) is 5.36. The van der Waals surface area contributed by atoms with Crippen LogP contribution in [0, 0.1) is 0 Å². The maximum atomic E-state index is 12.5. The highest BCUT2D eigenvalue weighted by Gasteiger charge is 2.16. The van der Waals surface area contributed by atoms with Gasteiger partial charge in [-0.3, -0.25) is 4.79 Å². The maximum absolute atomic E-state index is 12.5. The Labute approximate surface area is 178 Å². The lowest BCUT2D eigenvalue weighted by molar-refractivity contribution is 0.0520. The summed E-state index contributed by atoms with van der Waals surface area (Å²) in [7, 11) is 0. The predicted molar refractivity (Wildman–Crippen MR) is 116 cm³/mol. The Bertz CT molecular complexity index is 1290. The van der Waals surface area contributed by atoms with Gasteiger partial charge in [0.2, 0.25) is 0 Å². The fraction of sp³-hybridized carbons (Fsp3) is 0.217. The average Bonchev–Trinajstić information content (AvgIpc) is 3.22. The molecule has 0 saturated carbocycles. The number of nitrogens with one attached hydrogen (secondary N) is 1. The third kappa shape index (κ3) is 4.80. The van der Waals surface area contributed by atoms with Gasteiger partial charge in [-0.15, -0.1) is 5.10 Å². The summed E-state index contributed by atoms with van der Waals surface area (Å²) in [6, 6.07) is 16.3. The summed E-state index contributed by atoms with van der Waals surface area (Å²) in [6.07, 6.45) is 1.23. The molecule has 0 spiro atoms. The summed E-state index contributed by atoms with van der Waals surface area (Å²) in [5, 5.41) is 11.4. The van der Waals surface area contributed by atoms with Gasteiger partial charge in [0, 0.05) is 11.6 Å². The molecule has 2 aromatic carbocycles. The Kier molecular flexibility index (Phi) is 5.29. The zero-order chi connectivity index (χ0) is 22.0. The summed E-state index contributed by atoms with van der Waals surface area (Å²) >= 11 is 0. The van der Waals surface area contributed by atoms with Crippen molar-refractivity contribution in [3.8, 4) is 16.9 Å². The van der Waals surface area contributed by atoms with Gasteiger partial charge < -0.3 is 14.5 Å². The number of rotatable bonds is 4. The summed E-state index contributed by atoms with van der Waals surface area (Å²) in [5.74, 6) is 0.327. The van der Waals surface area contributed by atoms with Crippen molar-refractivity contribution in [3.05, 3.63) is 76.8 Å². The molecule has 0 atom stereocenters. The second-order valence-corrected chi connectivity index (χ2v) is 8.03. The molecule has 0 radical (unpaired) electrons. The van der Waals surface area contributed by atoms with Crippen molar-refractivity contribution in [2.75, 3.05) is 0 Å². The zero-order valence-electron chi connectivity index (χ0n) is 17.5. The van der Waals surface area contributed by atoms with E-state index in [1.807, 2.05) is 36.5 Å². The Morgan fingerprint density at radius 2 is 1.90 bits per heavy atom. The molecule has 4 aromatic rings. The van der Waals surface area contributed by atoms with Crippen LogP contribution < -0.4 is 10.7 Å². The van der Waals surface area contributed by atoms with E-state index in [1.165, 1.54) is 6.07 Å². The van der Waals surface area contributed by atoms with Crippen LogP contribution in [0.15, 0.2) is 70.0 Å². The second kappa shape index (κ2) is 8.06. The minimum absolute atomic E-state index is 0.0362. The van der Waals surface area contributed by atoms with E-state index >= 15 is 0 Å². The van der Waals surface area contributed by atoms with Gasteiger partial charge in [-0.1, -0.05) is 29.5 Å². The van der Waals surface area contributed by atoms with Crippen molar-refractivity contribution in [2.24, 2.45) is 0 Å². The monoisotopic (exact) mass is 418 g/mol. The van der Waals surface area contributed by atoms with Crippen LogP contribution in [0.3, 0.4) is 0 Å². The predicted octanol–water partition coefficient (Wildman–Crippen LogP) is 4.07. The summed E-state index contributed by atoms with van der Waals surface area (Å²) in [4.78, 5) is 24.3. The third-order valence-electron chi connectivity index (χ3n) is 4.40. The first-order valence-electron chi connectivity index (χ1n) is 9.80. The van der Waals surface area contributed by atoms with Gasteiger partial charge in [-0.05, 0) is 45.0 Å². The van der Waals surface area contributed by atoms with Gasteiger partial charge in [0.15, 0.2) is 5.43 Å². The number of hydrogen-bond acceptors (Lipinski definition) is 6. The van der Waals surface area contributed by atoms with E-state index in [2.05, 4.69) is 15.6 Å². The van der Waals surface area contributed by atoms with Gasteiger partial charge in [0.25, 0.3) is 0 Å². The first-order valence-corrected chi connectivity index (χ1v) is 9.80. The normalized spacial score (nSPS) is 11.5. The largest absolute Gasteiger partial charge is 0.459 e. The topological polar surface area (TPSA) is 99.2 Å². The SMILES string of the molecule is CC(C)(C)OC(=O)NCc1cc(=O)c2ccc(-c3cn(-c4ccccc4)nn3)cc2o1. The molecule has 0 aliphatic rings. The lowest BCUT2D eigenvalue weighted by atomic mass is 10.1. The van der Waals surface area contributed by atoms with Crippen LogP contribution in [0.5, 0.6) is 0 Å². The average molecular weight is 418 g/mol. The smallest absolute Gasteiger partial charge is 0.408 e. The van der Waals surface area contributed by atoms with E-state index in [0.717, 1.165) is 11.3 Å². The molecule has 158 valence electrons. The van der Waals surface area contributed by atoms with Gasteiger partial charge in [0.05, 0.1) is 23.8 Å². The van der Waals surface area contributed by atoms with E-state index in [1.54, 1.807) is 43.7 Å². The molecule has 1 amide bonds. The van der Waals surface area contributed by atoms with E-state index in [0.29, 0.717) is 22.4 Å². The molecule has 0 fully saturated rings. The molecule has 8 heteroatoms. The number of nitrogens with zero attached hydrogens (tertiary/aromatic N) is 3. The number of fused-ring (bicyclic) bond motifs is 1. The molecule has 1 N–H and O–H groups in total.